The topological polar surface area (TPSA) is 33.1 Å². The van der Waals surface area contributed by atoms with Crippen molar-refractivity contribution in [3.8, 4) is 5.06 Å². The predicted molar refractivity (Wildman–Crippen MR) is 44.0 cm³/mol. The van der Waals surface area contributed by atoms with E-state index in [1.54, 1.807) is 6.08 Å². The van der Waals surface area contributed by atoms with Crippen molar-refractivity contribution in [1.29, 1.82) is 0 Å². The number of hydrogen-bond acceptors (Lipinski definition) is 3. The van der Waals surface area contributed by atoms with Gasteiger partial charge in [0.1, 0.15) is 10.7 Å². The molecule has 10 heavy (non-hydrogen) atoms. The fourth-order valence-corrected chi connectivity index (χ4v) is 1.22. The molecule has 0 fully saturated rings. The van der Waals surface area contributed by atoms with Gasteiger partial charge in [-0.3, -0.25) is 0 Å². The fourth-order valence-electron chi connectivity index (χ4n) is 0.561. The van der Waals surface area contributed by atoms with Crippen LogP contribution in [0.15, 0.2) is 13.2 Å². The molecule has 52 valence electrons. The highest BCUT2D eigenvalue weighted by atomic mass is 32.1. The molecule has 1 N–H and O–H groups in total. The zero-order chi connectivity index (χ0) is 7.56. The third-order valence-corrected chi connectivity index (χ3v) is 1.89. The lowest BCUT2D eigenvalue weighted by molar-refractivity contribution is 0.488. The summed E-state index contributed by atoms with van der Waals surface area (Å²) in [7, 11) is 0. The largest absolute Gasteiger partial charge is 0.498 e. The van der Waals surface area contributed by atoms with E-state index in [2.05, 4.69) is 18.1 Å². The van der Waals surface area contributed by atoms with E-state index in [4.69, 9.17) is 5.11 Å². The molecule has 1 aromatic heterocycles. The number of hydrogen-bond donors (Lipinski definition) is 1. The number of aromatic hydroxyl groups is 1. The van der Waals surface area contributed by atoms with Crippen molar-refractivity contribution >= 4 is 23.5 Å². The van der Waals surface area contributed by atoms with Gasteiger partial charge in [-0.1, -0.05) is 24.5 Å². The van der Waals surface area contributed by atoms with Gasteiger partial charge in [-0.15, -0.1) is 0 Å². The van der Waals surface area contributed by atoms with E-state index in [0.717, 1.165) is 0 Å². The Morgan fingerprint density at radius 2 is 2.10 bits per heavy atom. The van der Waals surface area contributed by atoms with E-state index in [-0.39, 0.29) is 5.06 Å². The second-order valence-corrected chi connectivity index (χ2v) is 2.66. The van der Waals surface area contributed by atoms with Crippen molar-refractivity contribution in [2.24, 2.45) is 0 Å². The second-order valence-electron chi connectivity index (χ2n) is 1.65. The van der Waals surface area contributed by atoms with Crippen LogP contribution in [0.4, 0.5) is 0 Å². The molecule has 1 rings (SSSR count). The van der Waals surface area contributed by atoms with Crippen molar-refractivity contribution in [1.82, 2.24) is 4.98 Å². The maximum atomic E-state index is 9.10. The Hall–Kier alpha value is -1.09. The number of rotatable bonds is 2. The predicted octanol–water partition coefficient (Wildman–Crippen LogP) is 2.13. The molecule has 0 bridgehead atoms. The van der Waals surface area contributed by atoms with Gasteiger partial charge in [-0.05, 0) is 12.2 Å². The summed E-state index contributed by atoms with van der Waals surface area (Å²) >= 11 is 1.19. The molecule has 0 radical (unpaired) electrons. The molecule has 0 aromatic carbocycles. The van der Waals surface area contributed by atoms with Crippen molar-refractivity contribution in [2.75, 3.05) is 0 Å². The first-order valence-corrected chi connectivity index (χ1v) is 3.54. The molecule has 2 nitrogen and oxygen atoms in total. The minimum absolute atomic E-state index is 0.199. The lowest BCUT2D eigenvalue weighted by Crippen LogP contribution is -1.70. The first-order valence-electron chi connectivity index (χ1n) is 2.72. The summed E-state index contributed by atoms with van der Waals surface area (Å²) in [6.07, 6.45) is 3.11. The summed E-state index contributed by atoms with van der Waals surface area (Å²) in [4.78, 5) is 3.98. The van der Waals surface area contributed by atoms with Gasteiger partial charge in [-0.2, -0.15) is 0 Å². The van der Waals surface area contributed by atoms with Crippen molar-refractivity contribution in [3.63, 3.8) is 0 Å². The van der Waals surface area contributed by atoms with Crippen LogP contribution in [0.1, 0.15) is 10.7 Å². The van der Waals surface area contributed by atoms with Gasteiger partial charge in [0.15, 0.2) is 5.06 Å². The third-order valence-electron chi connectivity index (χ3n) is 1.02. The Morgan fingerprint density at radius 1 is 1.40 bits per heavy atom. The Balaban J connectivity index is 3.15. The number of thiazole rings is 1. The maximum Gasteiger partial charge on any atom is 0.199 e. The first kappa shape index (κ1) is 7.02. The molecule has 0 aliphatic rings. The smallest absolute Gasteiger partial charge is 0.199 e. The third kappa shape index (κ3) is 1.09. The van der Waals surface area contributed by atoms with E-state index in [1.165, 1.54) is 17.4 Å². The van der Waals surface area contributed by atoms with Gasteiger partial charge in [0.25, 0.3) is 0 Å². The van der Waals surface area contributed by atoms with Crippen molar-refractivity contribution < 1.29 is 5.11 Å². The van der Waals surface area contributed by atoms with Gasteiger partial charge in [0.2, 0.25) is 0 Å². The lowest BCUT2D eigenvalue weighted by atomic mass is 10.5. The standard InChI is InChI=1S/C7H7NOS/c1-3-5-7(9)10-6(4-2)8-5/h3-4,9H,1-2H2. The molecule has 0 aliphatic heterocycles. The monoisotopic (exact) mass is 153 g/mol. The molecule has 0 unspecified atom stereocenters. The van der Waals surface area contributed by atoms with E-state index >= 15 is 0 Å². The lowest BCUT2D eigenvalue weighted by Gasteiger charge is -1.80. The van der Waals surface area contributed by atoms with Crippen LogP contribution in [0.25, 0.3) is 12.2 Å². The maximum absolute atomic E-state index is 9.10. The molecule has 1 heterocycles. The Kier molecular flexibility index (Phi) is 1.87. The van der Waals surface area contributed by atoms with Gasteiger partial charge in [0, 0.05) is 0 Å². The Bertz CT molecular complexity index is 265. The summed E-state index contributed by atoms with van der Waals surface area (Å²) in [6, 6.07) is 0. The van der Waals surface area contributed by atoms with Crippen LogP contribution in [0.2, 0.25) is 0 Å². The van der Waals surface area contributed by atoms with Gasteiger partial charge in [0.05, 0.1) is 0 Å². The summed E-state index contributed by atoms with van der Waals surface area (Å²) in [5.41, 5.74) is 0.528. The van der Waals surface area contributed by atoms with E-state index in [1.807, 2.05) is 0 Å². The highest BCUT2D eigenvalue weighted by Gasteiger charge is 2.02. The second kappa shape index (κ2) is 2.66. The molecule has 3 heteroatoms. The van der Waals surface area contributed by atoms with Crippen LogP contribution >= 0.6 is 11.3 Å². The normalized spacial score (nSPS) is 9.20. The molecular weight excluding hydrogens is 146 g/mol. The van der Waals surface area contributed by atoms with Crippen LogP contribution in [0.3, 0.4) is 0 Å². The minimum Gasteiger partial charge on any atom is -0.498 e. The molecular formula is C7H7NOS. The zero-order valence-corrected chi connectivity index (χ0v) is 6.19. The summed E-state index contributed by atoms with van der Waals surface area (Å²) in [5, 5.41) is 10.0. The molecule has 0 saturated heterocycles. The average Bonchev–Trinajstić information content (AvgIpc) is 2.30. The van der Waals surface area contributed by atoms with Crippen LogP contribution in [-0.2, 0) is 0 Å². The van der Waals surface area contributed by atoms with E-state index in [0.29, 0.717) is 10.7 Å². The van der Waals surface area contributed by atoms with Crippen molar-refractivity contribution in [2.45, 2.75) is 0 Å². The molecule has 0 saturated carbocycles. The van der Waals surface area contributed by atoms with Crippen molar-refractivity contribution in [3.05, 3.63) is 23.9 Å². The first-order chi connectivity index (χ1) is 4.77. The van der Waals surface area contributed by atoms with Gasteiger partial charge in [-0.25, -0.2) is 4.98 Å². The fraction of sp³-hybridized carbons (Fsp3) is 0. The van der Waals surface area contributed by atoms with Gasteiger partial charge < -0.3 is 5.11 Å². The minimum atomic E-state index is 0.199. The summed E-state index contributed by atoms with van der Waals surface area (Å²) in [5.74, 6) is 0. The zero-order valence-electron chi connectivity index (χ0n) is 5.37. The quantitative estimate of drug-likeness (QED) is 0.706. The van der Waals surface area contributed by atoms with Crippen LogP contribution in [0, 0.1) is 0 Å². The average molecular weight is 153 g/mol. The highest BCUT2D eigenvalue weighted by molar-refractivity contribution is 7.14. The molecule has 0 amide bonds. The van der Waals surface area contributed by atoms with Crippen LogP contribution < -0.4 is 0 Å². The Morgan fingerprint density at radius 3 is 2.40 bits per heavy atom. The molecule has 0 aliphatic carbocycles. The Labute approximate surface area is 63.2 Å². The van der Waals surface area contributed by atoms with Crippen LogP contribution in [-0.4, -0.2) is 10.1 Å². The summed E-state index contributed by atoms with van der Waals surface area (Å²) < 4.78 is 0. The molecule has 1 aromatic rings. The highest BCUT2D eigenvalue weighted by Crippen LogP contribution is 2.26. The van der Waals surface area contributed by atoms with Crippen LogP contribution in [0.5, 0.6) is 5.06 Å². The summed E-state index contributed by atoms with van der Waals surface area (Å²) in [6.45, 7) is 7.01. The SMILES string of the molecule is C=Cc1nc(C=C)c(O)s1. The van der Waals surface area contributed by atoms with E-state index < -0.39 is 0 Å². The van der Waals surface area contributed by atoms with E-state index in [9.17, 15) is 0 Å². The molecule has 0 atom stereocenters. The number of nitrogens with zero attached hydrogens (tertiary/aromatic N) is 1. The number of aromatic nitrogens is 1. The molecule has 0 spiro atoms. The van der Waals surface area contributed by atoms with Gasteiger partial charge >= 0.3 is 0 Å².